The third-order valence-corrected chi connectivity index (χ3v) is 5.25. The molecule has 0 aromatic heterocycles. The van der Waals surface area contributed by atoms with Crippen LogP contribution in [0.4, 0.5) is 11.4 Å². The Morgan fingerprint density at radius 3 is 2.50 bits per heavy atom. The molecule has 3 aromatic carbocycles. The maximum atomic E-state index is 10.7. The van der Waals surface area contributed by atoms with Crippen LogP contribution in [0, 0.1) is 10.1 Å². The highest BCUT2D eigenvalue weighted by Crippen LogP contribution is 2.25. The molecule has 3 aromatic rings. The Hall–Kier alpha value is -2.61. The number of anilines is 1. The minimum Gasteiger partial charge on any atom is -0.489 e. The Morgan fingerprint density at radius 2 is 1.77 bits per heavy atom. The first-order valence-electron chi connectivity index (χ1n) is 9.36. The maximum Gasteiger partial charge on any atom is 0.269 e. The lowest BCUT2D eigenvalue weighted by atomic mass is 10.2. The summed E-state index contributed by atoms with van der Waals surface area (Å²) in [6.45, 7) is 2.43. The number of nitrogens with zero attached hydrogens (tertiary/aromatic N) is 1. The molecule has 0 radical (unpaired) electrons. The average molecular weight is 491 g/mol. The molecule has 156 valence electrons. The second-order valence-corrected chi connectivity index (χ2v) is 7.86. The molecule has 3 rings (SSSR count). The SMILES string of the molecule is O=[N+]([O-])c1ccc(NCCNCc2cc(Br)ccc2OCc2ccccc2Cl)cc1. The fourth-order valence-electron chi connectivity index (χ4n) is 2.82. The number of ether oxygens (including phenoxy) is 1. The molecular weight excluding hydrogens is 470 g/mol. The molecule has 0 aliphatic carbocycles. The van der Waals surface area contributed by atoms with E-state index < -0.39 is 4.92 Å². The van der Waals surface area contributed by atoms with Crippen molar-refractivity contribution in [2.24, 2.45) is 0 Å². The third kappa shape index (κ3) is 6.45. The van der Waals surface area contributed by atoms with Gasteiger partial charge in [0.15, 0.2) is 0 Å². The summed E-state index contributed by atoms with van der Waals surface area (Å²) >= 11 is 9.72. The Bertz CT molecular complexity index is 999. The lowest BCUT2D eigenvalue weighted by molar-refractivity contribution is -0.384. The molecule has 0 saturated heterocycles. The van der Waals surface area contributed by atoms with Gasteiger partial charge in [-0.05, 0) is 36.4 Å². The lowest BCUT2D eigenvalue weighted by Crippen LogP contribution is -2.22. The molecule has 30 heavy (non-hydrogen) atoms. The number of benzene rings is 3. The summed E-state index contributed by atoms with van der Waals surface area (Å²) in [5.41, 5.74) is 2.89. The maximum absolute atomic E-state index is 10.7. The Kier molecular flexibility index (Phi) is 8.07. The third-order valence-electron chi connectivity index (χ3n) is 4.39. The van der Waals surface area contributed by atoms with Crippen LogP contribution in [0.1, 0.15) is 11.1 Å². The first-order chi connectivity index (χ1) is 14.5. The van der Waals surface area contributed by atoms with E-state index in [9.17, 15) is 10.1 Å². The molecule has 0 saturated carbocycles. The Morgan fingerprint density at radius 1 is 1.00 bits per heavy atom. The van der Waals surface area contributed by atoms with Gasteiger partial charge in [0, 0.05) is 58.1 Å². The van der Waals surface area contributed by atoms with E-state index in [0.29, 0.717) is 31.3 Å². The largest absolute Gasteiger partial charge is 0.489 e. The molecule has 2 N–H and O–H groups in total. The summed E-state index contributed by atoms with van der Waals surface area (Å²) in [6.07, 6.45) is 0. The molecule has 0 unspecified atom stereocenters. The van der Waals surface area contributed by atoms with Crippen molar-refractivity contribution >= 4 is 38.9 Å². The van der Waals surface area contributed by atoms with Crippen molar-refractivity contribution in [2.75, 3.05) is 18.4 Å². The zero-order valence-electron chi connectivity index (χ0n) is 16.1. The lowest BCUT2D eigenvalue weighted by Gasteiger charge is -2.14. The van der Waals surface area contributed by atoms with Crippen LogP contribution in [0.3, 0.4) is 0 Å². The number of nitrogens with one attached hydrogen (secondary N) is 2. The van der Waals surface area contributed by atoms with Crippen molar-refractivity contribution in [1.82, 2.24) is 5.32 Å². The number of non-ortho nitro benzene ring substituents is 1. The van der Waals surface area contributed by atoms with Gasteiger partial charge in [0.25, 0.3) is 5.69 Å². The van der Waals surface area contributed by atoms with E-state index >= 15 is 0 Å². The first-order valence-corrected chi connectivity index (χ1v) is 10.5. The predicted molar refractivity (Wildman–Crippen MR) is 123 cm³/mol. The summed E-state index contributed by atoms with van der Waals surface area (Å²) in [4.78, 5) is 10.3. The van der Waals surface area contributed by atoms with E-state index in [2.05, 4.69) is 26.6 Å². The predicted octanol–water partition coefficient (Wildman–Crippen LogP) is 5.79. The summed E-state index contributed by atoms with van der Waals surface area (Å²) in [5, 5.41) is 18.0. The monoisotopic (exact) mass is 489 g/mol. The van der Waals surface area contributed by atoms with Crippen LogP contribution in [0.2, 0.25) is 5.02 Å². The fraction of sp³-hybridized carbons (Fsp3) is 0.182. The first kappa shape index (κ1) is 22.1. The molecule has 0 aliphatic heterocycles. The van der Waals surface area contributed by atoms with Gasteiger partial charge in [-0.2, -0.15) is 0 Å². The summed E-state index contributed by atoms with van der Waals surface area (Å²) < 4.78 is 6.98. The van der Waals surface area contributed by atoms with Gasteiger partial charge >= 0.3 is 0 Å². The van der Waals surface area contributed by atoms with Gasteiger partial charge in [0.1, 0.15) is 12.4 Å². The number of nitro benzene ring substituents is 1. The Labute approximate surface area is 188 Å². The second kappa shape index (κ2) is 11.0. The van der Waals surface area contributed by atoms with Gasteiger partial charge in [0.05, 0.1) is 4.92 Å². The zero-order chi connectivity index (χ0) is 21.3. The zero-order valence-corrected chi connectivity index (χ0v) is 18.4. The normalized spacial score (nSPS) is 10.6. The number of hydrogen-bond donors (Lipinski definition) is 2. The average Bonchev–Trinajstić information content (AvgIpc) is 2.74. The van der Waals surface area contributed by atoms with Crippen LogP contribution in [-0.4, -0.2) is 18.0 Å². The molecule has 0 fully saturated rings. The van der Waals surface area contributed by atoms with Gasteiger partial charge in [-0.1, -0.05) is 45.7 Å². The summed E-state index contributed by atoms with van der Waals surface area (Å²) in [5.74, 6) is 0.800. The molecule has 0 bridgehead atoms. The molecule has 0 spiro atoms. The van der Waals surface area contributed by atoms with Crippen LogP contribution >= 0.6 is 27.5 Å². The summed E-state index contributed by atoms with van der Waals surface area (Å²) in [6, 6.07) is 19.9. The van der Waals surface area contributed by atoms with Gasteiger partial charge in [-0.15, -0.1) is 0 Å². The van der Waals surface area contributed by atoms with Gasteiger partial charge < -0.3 is 15.4 Å². The number of halogens is 2. The van der Waals surface area contributed by atoms with Crippen LogP contribution in [0.5, 0.6) is 5.75 Å². The molecular formula is C22H21BrClN3O3. The second-order valence-electron chi connectivity index (χ2n) is 6.54. The molecule has 0 aliphatic rings. The fourth-order valence-corrected chi connectivity index (χ4v) is 3.42. The molecule has 0 heterocycles. The number of hydrogen-bond acceptors (Lipinski definition) is 5. The van der Waals surface area contributed by atoms with Crippen LogP contribution in [0.15, 0.2) is 71.2 Å². The standard InChI is InChI=1S/C22H21BrClN3O3/c23-18-5-10-22(30-15-16-3-1-2-4-21(16)24)17(13-18)14-25-11-12-26-19-6-8-20(9-7-19)27(28)29/h1-10,13,25-26H,11-12,14-15H2. The highest BCUT2D eigenvalue weighted by atomic mass is 79.9. The number of rotatable bonds is 10. The van der Waals surface area contributed by atoms with Gasteiger partial charge in [0.2, 0.25) is 0 Å². The van der Waals surface area contributed by atoms with Crippen LogP contribution in [0.25, 0.3) is 0 Å². The van der Waals surface area contributed by atoms with Crippen molar-refractivity contribution < 1.29 is 9.66 Å². The van der Waals surface area contributed by atoms with E-state index in [1.165, 1.54) is 12.1 Å². The van der Waals surface area contributed by atoms with Gasteiger partial charge in [-0.25, -0.2) is 0 Å². The van der Waals surface area contributed by atoms with Gasteiger partial charge in [-0.3, -0.25) is 10.1 Å². The van der Waals surface area contributed by atoms with E-state index in [-0.39, 0.29) is 5.69 Å². The van der Waals surface area contributed by atoms with E-state index in [0.717, 1.165) is 27.0 Å². The van der Waals surface area contributed by atoms with Crippen molar-refractivity contribution in [2.45, 2.75) is 13.2 Å². The van der Waals surface area contributed by atoms with Crippen molar-refractivity contribution in [1.29, 1.82) is 0 Å². The minimum atomic E-state index is -0.408. The number of nitro groups is 1. The van der Waals surface area contributed by atoms with Crippen molar-refractivity contribution in [3.05, 3.63) is 97.5 Å². The highest BCUT2D eigenvalue weighted by molar-refractivity contribution is 9.10. The molecule has 0 atom stereocenters. The summed E-state index contributed by atoms with van der Waals surface area (Å²) in [7, 11) is 0. The topological polar surface area (TPSA) is 76.4 Å². The molecule has 0 amide bonds. The van der Waals surface area contributed by atoms with E-state index in [4.69, 9.17) is 16.3 Å². The van der Waals surface area contributed by atoms with Crippen LogP contribution < -0.4 is 15.4 Å². The quantitative estimate of drug-likeness (QED) is 0.214. The molecule has 8 heteroatoms. The highest BCUT2D eigenvalue weighted by Gasteiger charge is 2.07. The minimum absolute atomic E-state index is 0.0812. The van der Waals surface area contributed by atoms with Crippen LogP contribution in [-0.2, 0) is 13.2 Å². The Balaban J connectivity index is 1.49. The molecule has 6 nitrogen and oxygen atoms in total. The van der Waals surface area contributed by atoms with Crippen molar-refractivity contribution in [3.8, 4) is 5.75 Å². The van der Waals surface area contributed by atoms with E-state index in [1.54, 1.807) is 12.1 Å². The van der Waals surface area contributed by atoms with Crippen molar-refractivity contribution in [3.63, 3.8) is 0 Å². The smallest absolute Gasteiger partial charge is 0.269 e. The van der Waals surface area contributed by atoms with E-state index in [1.807, 2.05) is 42.5 Å².